The molecule has 4 nitrogen and oxygen atoms in total. The second-order valence-electron chi connectivity index (χ2n) is 6.65. The molecule has 0 spiro atoms. The molecule has 1 aromatic rings. The smallest absolute Gasteiger partial charge is 0.338 e. The maximum Gasteiger partial charge on any atom is 0.401 e. The van der Waals surface area contributed by atoms with Gasteiger partial charge >= 0.3 is 12.2 Å². The Morgan fingerprint density at radius 1 is 1.25 bits per heavy atom. The van der Waals surface area contributed by atoms with Crippen LogP contribution in [-0.2, 0) is 6.42 Å². The standard InChI is InChI=1S/C17H22F3N3O/c18-17(19,20)11-23-8-7-12(10-23)9-21-16(24)22-15-6-5-13-3-1-2-4-14(13)15/h1-4,12,15H,5-11H2,(H2,21,22,24)/t12-,15-/m1/s1. The number of benzene rings is 1. The minimum absolute atomic E-state index is 0.0199. The first-order valence-corrected chi connectivity index (χ1v) is 8.32. The van der Waals surface area contributed by atoms with Crippen LogP contribution < -0.4 is 10.6 Å². The number of carbonyl (C=O) groups is 1. The Labute approximate surface area is 139 Å². The molecule has 0 unspecified atom stereocenters. The number of nitrogens with zero attached hydrogens (tertiary/aromatic N) is 1. The summed E-state index contributed by atoms with van der Waals surface area (Å²) in [6.07, 6.45) is -1.64. The van der Waals surface area contributed by atoms with Crippen LogP contribution in [0.4, 0.5) is 18.0 Å². The number of hydrogen-bond acceptors (Lipinski definition) is 2. The van der Waals surface area contributed by atoms with Gasteiger partial charge in [0.1, 0.15) is 0 Å². The van der Waals surface area contributed by atoms with Crippen molar-refractivity contribution in [1.29, 1.82) is 0 Å². The highest BCUT2D eigenvalue weighted by atomic mass is 19.4. The van der Waals surface area contributed by atoms with Crippen LogP contribution in [0.25, 0.3) is 0 Å². The van der Waals surface area contributed by atoms with E-state index in [1.165, 1.54) is 10.5 Å². The molecule has 1 saturated heterocycles. The van der Waals surface area contributed by atoms with Gasteiger partial charge in [0.25, 0.3) is 0 Å². The second kappa shape index (κ2) is 7.01. The Balaban J connectivity index is 1.41. The third kappa shape index (κ3) is 4.41. The number of nitrogens with one attached hydrogen (secondary N) is 2. The lowest BCUT2D eigenvalue weighted by Gasteiger charge is -2.19. The van der Waals surface area contributed by atoms with Crippen molar-refractivity contribution in [1.82, 2.24) is 15.5 Å². The second-order valence-corrected chi connectivity index (χ2v) is 6.65. The molecule has 0 radical (unpaired) electrons. The van der Waals surface area contributed by atoms with E-state index in [0.717, 1.165) is 18.4 Å². The van der Waals surface area contributed by atoms with Crippen LogP contribution in [-0.4, -0.2) is 43.3 Å². The minimum atomic E-state index is -4.16. The maximum atomic E-state index is 12.4. The largest absolute Gasteiger partial charge is 0.401 e. The predicted molar refractivity (Wildman–Crippen MR) is 84.6 cm³/mol. The van der Waals surface area contributed by atoms with Crippen LogP contribution in [0.5, 0.6) is 0 Å². The van der Waals surface area contributed by atoms with Crippen molar-refractivity contribution in [2.75, 3.05) is 26.2 Å². The summed E-state index contributed by atoms with van der Waals surface area (Å²) in [6.45, 7) is 0.360. The summed E-state index contributed by atoms with van der Waals surface area (Å²) < 4.78 is 37.1. The number of carbonyl (C=O) groups excluding carboxylic acids is 1. The third-order valence-electron chi connectivity index (χ3n) is 4.76. The summed E-state index contributed by atoms with van der Waals surface area (Å²) >= 11 is 0. The normalized spacial score (nSPS) is 24.0. The monoisotopic (exact) mass is 341 g/mol. The van der Waals surface area contributed by atoms with Gasteiger partial charge in [-0.1, -0.05) is 24.3 Å². The van der Waals surface area contributed by atoms with Crippen molar-refractivity contribution in [2.24, 2.45) is 5.92 Å². The third-order valence-corrected chi connectivity index (χ3v) is 4.76. The molecular weight excluding hydrogens is 319 g/mol. The average Bonchev–Trinajstić information content (AvgIpc) is 3.11. The molecule has 1 fully saturated rings. The number of rotatable bonds is 4. The number of amides is 2. The van der Waals surface area contributed by atoms with E-state index in [9.17, 15) is 18.0 Å². The molecule has 2 atom stereocenters. The molecule has 1 aromatic carbocycles. The van der Waals surface area contributed by atoms with Gasteiger partial charge < -0.3 is 10.6 Å². The van der Waals surface area contributed by atoms with Crippen molar-refractivity contribution < 1.29 is 18.0 Å². The number of halogens is 3. The van der Waals surface area contributed by atoms with Crippen molar-refractivity contribution >= 4 is 6.03 Å². The van der Waals surface area contributed by atoms with Gasteiger partial charge in [0, 0.05) is 13.1 Å². The van der Waals surface area contributed by atoms with Crippen molar-refractivity contribution in [2.45, 2.75) is 31.5 Å². The Morgan fingerprint density at radius 3 is 2.83 bits per heavy atom. The molecule has 1 aliphatic carbocycles. The first kappa shape index (κ1) is 17.1. The molecule has 24 heavy (non-hydrogen) atoms. The van der Waals surface area contributed by atoms with Gasteiger partial charge in [-0.05, 0) is 42.9 Å². The first-order chi connectivity index (χ1) is 11.4. The molecule has 1 aliphatic heterocycles. The summed E-state index contributed by atoms with van der Waals surface area (Å²) in [7, 11) is 0. The van der Waals surface area contributed by atoms with Gasteiger partial charge in [0.2, 0.25) is 0 Å². The number of alkyl halides is 3. The van der Waals surface area contributed by atoms with Gasteiger partial charge in [0.05, 0.1) is 12.6 Å². The molecule has 2 N–H and O–H groups in total. The lowest BCUT2D eigenvalue weighted by molar-refractivity contribution is -0.143. The maximum absolute atomic E-state index is 12.4. The summed E-state index contributed by atoms with van der Waals surface area (Å²) in [5.74, 6) is 0.0777. The van der Waals surface area contributed by atoms with Crippen molar-refractivity contribution in [3.63, 3.8) is 0 Å². The quantitative estimate of drug-likeness (QED) is 0.884. The molecule has 0 bridgehead atoms. The van der Waals surface area contributed by atoms with Crippen LogP contribution in [0, 0.1) is 5.92 Å². The zero-order valence-corrected chi connectivity index (χ0v) is 13.4. The molecule has 132 valence electrons. The molecule has 0 aromatic heterocycles. The van der Waals surface area contributed by atoms with Crippen LogP contribution in [0.2, 0.25) is 0 Å². The molecule has 1 heterocycles. The number of urea groups is 1. The fourth-order valence-electron chi connectivity index (χ4n) is 3.63. The number of fused-ring (bicyclic) bond motifs is 1. The lowest BCUT2D eigenvalue weighted by Crippen LogP contribution is -2.40. The Bertz CT molecular complexity index is 591. The molecule has 2 amide bonds. The fraction of sp³-hybridized carbons (Fsp3) is 0.588. The Hall–Kier alpha value is -1.76. The van der Waals surface area contributed by atoms with Gasteiger partial charge in [-0.3, -0.25) is 4.90 Å². The summed E-state index contributed by atoms with van der Waals surface area (Å²) in [4.78, 5) is 13.5. The number of hydrogen-bond donors (Lipinski definition) is 2. The van der Waals surface area contributed by atoms with E-state index in [-0.39, 0.29) is 18.0 Å². The lowest BCUT2D eigenvalue weighted by atomic mass is 10.1. The topological polar surface area (TPSA) is 44.4 Å². The summed E-state index contributed by atoms with van der Waals surface area (Å²) in [6, 6.07) is 7.83. The fourth-order valence-corrected chi connectivity index (χ4v) is 3.63. The average molecular weight is 341 g/mol. The number of likely N-dealkylation sites (tertiary alicyclic amines) is 1. The van der Waals surface area contributed by atoms with Gasteiger partial charge in [-0.2, -0.15) is 13.2 Å². The van der Waals surface area contributed by atoms with E-state index in [1.54, 1.807) is 0 Å². The van der Waals surface area contributed by atoms with E-state index < -0.39 is 12.7 Å². The molecule has 0 saturated carbocycles. The molecule has 7 heteroatoms. The Morgan fingerprint density at radius 2 is 2.04 bits per heavy atom. The van der Waals surface area contributed by atoms with Crippen LogP contribution in [0.15, 0.2) is 24.3 Å². The zero-order valence-electron chi connectivity index (χ0n) is 13.4. The van der Waals surface area contributed by atoms with Gasteiger partial charge in [0.15, 0.2) is 0 Å². The predicted octanol–water partition coefficient (Wildman–Crippen LogP) is 2.86. The van der Waals surface area contributed by atoms with E-state index in [2.05, 4.69) is 16.7 Å². The SMILES string of the molecule is O=C(NC[C@H]1CCN(CC(F)(F)F)C1)N[C@@H]1CCc2ccccc21. The van der Waals surface area contributed by atoms with E-state index in [4.69, 9.17) is 0 Å². The molecule has 2 aliphatic rings. The summed E-state index contributed by atoms with van der Waals surface area (Å²) in [5.41, 5.74) is 2.42. The van der Waals surface area contributed by atoms with Crippen molar-refractivity contribution in [3.8, 4) is 0 Å². The van der Waals surface area contributed by atoms with Crippen LogP contribution >= 0.6 is 0 Å². The van der Waals surface area contributed by atoms with E-state index in [0.29, 0.717) is 26.1 Å². The minimum Gasteiger partial charge on any atom is -0.338 e. The highest BCUT2D eigenvalue weighted by molar-refractivity contribution is 5.74. The number of aryl methyl sites for hydroxylation is 1. The van der Waals surface area contributed by atoms with Gasteiger partial charge in [-0.25, -0.2) is 4.79 Å². The van der Waals surface area contributed by atoms with Crippen molar-refractivity contribution in [3.05, 3.63) is 35.4 Å². The van der Waals surface area contributed by atoms with E-state index >= 15 is 0 Å². The molecule has 3 rings (SSSR count). The zero-order chi connectivity index (χ0) is 17.2. The Kier molecular flexibility index (Phi) is 4.99. The highest BCUT2D eigenvalue weighted by Crippen LogP contribution is 2.30. The van der Waals surface area contributed by atoms with Crippen LogP contribution in [0.3, 0.4) is 0 Å². The van der Waals surface area contributed by atoms with Gasteiger partial charge in [-0.15, -0.1) is 0 Å². The van der Waals surface area contributed by atoms with Crippen LogP contribution in [0.1, 0.15) is 30.0 Å². The van der Waals surface area contributed by atoms with E-state index in [1.807, 2.05) is 18.2 Å². The summed E-state index contributed by atoms with van der Waals surface area (Å²) in [5, 5.41) is 5.77. The highest BCUT2D eigenvalue weighted by Gasteiger charge is 2.34. The first-order valence-electron chi connectivity index (χ1n) is 8.32. The molecular formula is C17H22F3N3O.